The highest BCUT2D eigenvalue weighted by atomic mass is 79.9. The van der Waals surface area contributed by atoms with Crippen molar-refractivity contribution in [2.24, 2.45) is 0 Å². The van der Waals surface area contributed by atoms with Crippen LogP contribution in [0.3, 0.4) is 0 Å². The van der Waals surface area contributed by atoms with Gasteiger partial charge >= 0.3 is 5.69 Å². The molecule has 21 heavy (non-hydrogen) atoms. The van der Waals surface area contributed by atoms with Gasteiger partial charge in [-0.25, -0.2) is 4.79 Å². The van der Waals surface area contributed by atoms with E-state index in [0.29, 0.717) is 16.3 Å². The normalized spacial score (nSPS) is 10.4. The van der Waals surface area contributed by atoms with Gasteiger partial charge in [-0.3, -0.25) is 19.1 Å². The average Bonchev–Trinajstić information content (AvgIpc) is 2.44. The monoisotopic (exact) mass is 372 g/mol. The summed E-state index contributed by atoms with van der Waals surface area (Å²) in [6.45, 7) is -0.211. The Bertz CT molecular complexity index is 813. The highest BCUT2D eigenvalue weighted by molar-refractivity contribution is 9.10. The third-order valence-electron chi connectivity index (χ3n) is 2.76. The highest BCUT2D eigenvalue weighted by Crippen LogP contribution is 2.25. The van der Waals surface area contributed by atoms with E-state index in [2.05, 4.69) is 20.9 Å². The van der Waals surface area contributed by atoms with Crippen LogP contribution in [0, 0.1) is 0 Å². The van der Waals surface area contributed by atoms with Crippen molar-refractivity contribution in [2.75, 3.05) is 7.11 Å². The lowest BCUT2D eigenvalue weighted by Gasteiger charge is -2.07. The SMILES string of the molecule is COc1ccc(C(=O)Cn2cc(Br)c(=O)[nH]c2=O)cc1Cl. The van der Waals surface area contributed by atoms with Crippen molar-refractivity contribution in [1.82, 2.24) is 9.55 Å². The molecule has 0 atom stereocenters. The van der Waals surface area contributed by atoms with Crippen LogP contribution in [-0.4, -0.2) is 22.4 Å². The summed E-state index contributed by atoms with van der Waals surface area (Å²) in [5, 5.41) is 0.304. The molecule has 0 saturated carbocycles. The summed E-state index contributed by atoms with van der Waals surface area (Å²) >= 11 is 8.96. The van der Waals surface area contributed by atoms with Gasteiger partial charge in [0, 0.05) is 11.8 Å². The van der Waals surface area contributed by atoms with E-state index in [1.807, 2.05) is 0 Å². The Morgan fingerprint density at radius 2 is 2.14 bits per heavy atom. The molecule has 6 nitrogen and oxygen atoms in total. The van der Waals surface area contributed by atoms with Gasteiger partial charge in [-0.2, -0.15) is 0 Å². The third-order valence-corrected chi connectivity index (χ3v) is 3.62. The second kappa shape index (κ2) is 6.28. The van der Waals surface area contributed by atoms with Crippen molar-refractivity contribution in [3.05, 3.63) is 60.3 Å². The summed E-state index contributed by atoms with van der Waals surface area (Å²) in [7, 11) is 1.47. The fourth-order valence-corrected chi connectivity index (χ4v) is 2.29. The van der Waals surface area contributed by atoms with E-state index in [-0.39, 0.29) is 16.8 Å². The van der Waals surface area contributed by atoms with Gasteiger partial charge in [0.2, 0.25) is 0 Å². The van der Waals surface area contributed by atoms with Gasteiger partial charge in [-0.05, 0) is 34.1 Å². The molecule has 0 saturated heterocycles. The molecule has 0 unspecified atom stereocenters. The molecule has 0 amide bonds. The van der Waals surface area contributed by atoms with Crippen LogP contribution in [0.25, 0.3) is 0 Å². The van der Waals surface area contributed by atoms with Crippen molar-refractivity contribution >= 4 is 33.3 Å². The number of ketones is 1. The van der Waals surface area contributed by atoms with Crippen LogP contribution in [-0.2, 0) is 6.54 Å². The van der Waals surface area contributed by atoms with E-state index in [9.17, 15) is 14.4 Å². The minimum atomic E-state index is -0.656. The number of aromatic nitrogens is 2. The maximum absolute atomic E-state index is 12.1. The average molecular weight is 374 g/mol. The van der Waals surface area contributed by atoms with E-state index in [4.69, 9.17) is 16.3 Å². The predicted molar refractivity (Wildman–Crippen MR) is 81.4 cm³/mol. The molecular weight excluding hydrogens is 364 g/mol. The Labute approximate surface area is 132 Å². The molecule has 1 aromatic carbocycles. The van der Waals surface area contributed by atoms with Crippen molar-refractivity contribution in [3.63, 3.8) is 0 Å². The number of H-pyrrole nitrogens is 1. The third kappa shape index (κ3) is 3.43. The summed E-state index contributed by atoms with van der Waals surface area (Å²) in [6, 6.07) is 4.59. The van der Waals surface area contributed by atoms with Crippen molar-refractivity contribution < 1.29 is 9.53 Å². The van der Waals surface area contributed by atoms with Crippen molar-refractivity contribution in [3.8, 4) is 5.75 Å². The number of benzene rings is 1. The minimum absolute atomic E-state index is 0.169. The van der Waals surface area contributed by atoms with Gasteiger partial charge in [-0.1, -0.05) is 11.6 Å². The summed E-state index contributed by atoms with van der Waals surface area (Å²) in [5.74, 6) is 0.137. The molecule has 0 fully saturated rings. The summed E-state index contributed by atoms with van der Waals surface area (Å²) in [6.07, 6.45) is 1.27. The van der Waals surface area contributed by atoms with Gasteiger partial charge in [0.1, 0.15) is 5.75 Å². The quantitative estimate of drug-likeness (QED) is 0.829. The van der Waals surface area contributed by atoms with Crippen LogP contribution in [0.1, 0.15) is 10.4 Å². The summed E-state index contributed by atoms with van der Waals surface area (Å²) in [4.78, 5) is 37.1. The number of nitrogens with zero attached hydrogens (tertiary/aromatic N) is 1. The second-order valence-corrected chi connectivity index (χ2v) is 5.40. The molecule has 1 heterocycles. The van der Waals surface area contributed by atoms with Crippen LogP contribution in [0.2, 0.25) is 5.02 Å². The van der Waals surface area contributed by atoms with Crippen molar-refractivity contribution in [1.29, 1.82) is 0 Å². The van der Waals surface area contributed by atoms with Gasteiger partial charge in [0.25, 0.3) is 5.56 Å². The number of carbonyl (C=O) groups excluding carboxylic acids is 1. The number of hydrogen-bond acceptors (Lipinski definition) is 4. The molecule has 2 rings (SSSR count). The van der Waals surface area contributed by atoms with Gasteiger partial charge < -0.3 is 4.74 Å². The lowest BCUT2D eigenvalue weighted by Crippen LogP contribution is -2.31. The first-order chi connectivity index (χ1) is 9.92. The summed E-state index contributed by atoms with van der Waals surface area (Å²) < 4.78 is 6.27. The molecule has 0 bridgehead atoms. The fourth-order valence-electron chi connectivity index (χ4n) is 1.69. The van der Waals surface area contributed by atoms with Crippen LogP contribution in [0.15, 0.2) is 38.5 Å². The maximum Gasteiger partial charge on any atom is 0.328 e. The largest absolute Gasteiger partial charge is 0.495 e. The van der Waals surface area contributed by atoms with Crippen LogP contribution in [0.5, 0.6) is 5.75 Å². The topological polar surface area (TPSA) is 81.2 Å². The molecule has 1 N–H and O–H groups in total. The van der Waals surface area contributed by atoms with Gasteiger partial charge in [0.15, 0.2) is 5.78 Å². The Morgan fingerprint density at radius 1 is 1.43 bits per heavy atom. The minimum Gasteiger partial charge on any atom is -0.495 e. The summed E-state index contributed by atoms with van der Waals surface area (Å²) in [5.41, 5.74) is -0.859. The second-order valence-electron chi connectivity index (χ2n) is 4.14. The highest BCUT2D eigenvalue weighted by Gasteiger charge is 2.12. The van der Waals surface area contributed by atoms with Crippen LogP contribution < -0.4 is 16.0 Å². The van der Waals surface area contributed by atoms with E-state index < -0.39 is 11.2 Å². The maximum atomic E-state index is 12.1. The Kier molecular flexibility index (Phi) is 4.64. The van der Waals surface area contributed by atoms with Gasteiger partial charge in [-0.15, -0.1) is 0 Å². The molecule has 0 aliphatic heterocycles. The molecule has 1 aromatic heterocycles. The number of aromatic amines is 1. The molecular formula is C13H10BrClN2O4. The zero-order chi connectivity index (χ0) is 15.6. The number of halogens is 2. The number of carbonyl (C=O) groups is 1. The first-order valence-corrected chi connectivity index (χ1v) is 6.95. The Morgan fingerprint density at radius 3 is 2.76 bits per heavy atom. The molecule has 0 radical (unpaired) electrons. The van der Waals surface area contributed by atoms with E-state index >= 15 is 0 Å². The molecule has 0 aliphatic rings. The van der Waals surface area contributed by atoms with E-state index in [0.717, 1.165) is 4.57 Å². The first kappa shape index (κ1) is 15.5. The molecule has 2 aromatic rings. The molecule has 110 valence electrons. The molecule has 0 spiro atoms. The number of methoxy groups -OCH3 is 1. The zero-order valence-corrected chi connectivity index (χ0v) is 13.2. The van der Waals surface area contributed by atoms with E-state index in [1.54, 1.807) is 12.1 Å². The Balaban J connectivity index is 2.30. The smallest absolute Gasteiger partial charge is 0.328 e. The van der Waals surface area contributed by atoms with E-state index in [1.165, 1.54) is 19.4 Å². The molecule has 8 heteroatoms. The zero-order valence-electron chi connectivity index (χ0n) is 10.9. The van der Waals surface area contributed by atoms with Crippen molar-refractivity contribution in [2.45, 2.75) is 6.54 Å². The number of nitrogens with one attached hydrogen (secondary N) is 1. The lowest BCUT2D eigenvalue weighted by molar-refractivity contribution is 0.0970. The fraction of sp³-hybridized carbons (Fsp3) is 0.154. The Hall–Kier alpha value is -1.86. The predicted octanol–water partition coefficient (Wildman–Crippen LogP) is 1.84. The molecule has 0 aliphatic carbocycles. The number of rotatable bonds is 4. The first-order valence-electron chi connectivity index (χ1n) is 5.78. The van der Waals surface area contributed by atoms with Crippen LogP contribution >= 0.6 is 27.5 Å². The standard InChI is InChI=1S/C13H10BrClN2O4/c1-21-11-3-2-7(4-9(11)15)10(18)6-17-5-8(14)12(19)16-13(17)20/h2-5H,6H2,1H3,(H,16,19,20). The number of ether oxygens (including phenoxy) is 1. The van der Waals surface area contributed by atoms with Gasteiger partial charge in [0.05, 0.1) is 23.1 Å². The van der Waals surface area contributed by atoms with Crippen LogP contribution in [0.4, 0.5) is 0 Å². The number of Topliss-reactive ketones (excluding diaryl/α,β-unsaturated/α-hetero) is 1. The lowest BCUT2D eigenvalue weighted by atomic mass is 10.1. The number of hydrogen-bond donors (Lipinski definition) is 1.